The summed E-state index contributed by atoms with van der Waals surface area (Å²) in [5, 5.41) is 0. The summed E-state index contributed by atoms with van der Waals surface area (Å²) in [7, 11) is 0. The van der Waals surface area contributed by atoms with E-state index in [1.54, 1.807) is 0 Å². The molecule has 1 aliphatic carbocycles. The van der Waals surface area contributed by atoms with Crippen molar-refractivity contribution in [2.45, 2.75) is 37.6 Å². The Kier molecular flexibility index (Phi) is 4.88. The molecule has 0 amide bonds. The van der Waals surface area contributed by atoms with E-state index in [9.17, 15) is 13.2 Å². The highest BCUT2D eigenvalue weighted by Crippen LogP contribution is 2.27. The second kappa shape index (κ2) is 6.45. The van der Waals surface area contributed by atoms with Crippen LogP contribution in [-0.2, 0) is 4.74 Å². The highest BCUT2D eigenvalue weighted by Gasteiger charge is 2.27. The summed E-state index contributed by atoms with van der Waals surface area (Å²) in [6.07, 6.45) is -1.41. The third kappa shape index (κ3) is 5.38. The Hall–Kier alpha value is -1.27. The molecular weight excluding hydrogens is 271 g/mol. The summed E-state index contributed by atoms with van der Waals surface area (Å²) in [5.41, 5.74) is 6.77. The maximum Gasteiger partial charge on any atom is 0.411 e. The SMILES string of the molecule is NC(CCOCC(F)(F)F)c1ccc(OC2CC2)cc1. The molecule has 1 unspecified atom stereocenters. The number of benzene rings is 1. The average Bonchev–Trinajstić information content (AvgIpc) is 3.18. The molecule has 20 heavy (non-hydrogen) atoms. The summed E-state index contributed by atoms with van der Waals surface area (Å²) in [6, 6.07) is 7.02. The van der Waals surface area contributed by atoms with E-state index >= 15 is 0 Å². The Bertz CT molecular complexity index is 415. The lowest BCUT2D eigenvalue weighted by atomic mass is 10.1. The van der Waals surface area contributed by atoms with Gasteiger partial charge in [0.2, 0.25) is 0 Å². The molecule has 1 aromatic rings. The highest BCUT2D eigenvalue weighted by atomic mass is 19.4. The van der Waals surface area contributed by atoms with Crippen LogP contribution in [0.15, 0.2) is 24.3 Å². The predicted octanol–water partition coefficient (Wildman–Crippen LogP) is 3.20. The van der Waals surface area contributed by atoms with E-state index < -0.39 is 12.8 Å². The molecule has 0 aromatic heterocycles. The molecule has 2 rings (SSSR count). The Balaban J connectivity index is 1.72. The van der Waals surface area contributed by atoms with Gasteiger partial charge in [-0.05, 0) is 37.0 Å². The van der Waals surface area contributed by atoms with Gasteiger partial charge in [-0.25, -0.2) is 0 Å². The minimum Gasteiger partial charge on any atom is -0.490 e. The van der Waals surface area contributed by atoms with E-state index in [1.807, 2.05) is 24.3 Å². The summed E-state index contributed by atoms with van der Waals surface area (Å²) in [5.74, 6) is 0.803. The monoisotopic (exact) mass is 289 g/mol. The first-order valence-electron chi connectivity index (χ1n) is 6.61. The number of hydrogen-bond acceptors (Lipinski definition) is 3. The molecule has 0 saturated heterocycles. The lowest BCUT2D eigenvalue weighted by Crippen LogP contribution is -2.19. The lowest BCUT2D eigenvalue weighted by Gasteiger charge is -2.14. The molecule has 0 radical (unpaired) electrons. The predicted molar refractivity (Wildman–Crippen MR) is 68.5 cm³/mol. The first-order valence-corrected chi connectivity index (χ1v) is 6.61. The van der Waals surface area contributed by atoms with Crippen molar-refractivity contribution in [2.75, 3.05) is 13.2 Å². The molecule has 0 heterocycles. The van der Waals surface area contributed by atoms with E-state index in [2.05, 4.69) is 4.74 Å². The molecule has 6 heteroatoms. The molecule has 1 saturated carbocycles. The maximum absolute atomic E-state index is 11.9. The lowest BCUT2D eigenvalue weighted by molar-refractivity contribution is -0.174. The summed E-state index contributed by atoms with van der Waals surface area (Å²) >= 11 is 0. The molecule has 3 nitrogen and oxygen atoms in total. The quantitative estimate of drug-likeness (QED) is 0.784. The van der Waals surface area contributed by atoms with E-state index in [1.165, 1.54) is 0 Å². The van der Waals surface area contributed by atoms with Gasteiger partial charge >= 0.3 is 6.18 Å². The van der Waals surface area contributed by atoms with Gasteiger partial charge in [-0.3, -0.25) is 0 Å². The zero-order valence-corrected chi connectivity index (χ0v) is 11.0. The summed E-state index contributed by atoms with van der Waals surface area (Å²) < 4.78 is 45.8. The summed E-state index contributed by atoms with van der Waals surface area (Å²) in [6.45, 7) is -1.24. The molecule has 112 valence electrons. The maximum atomic E-state index is 11.9. The van der Waals surface area contributed by atoms with Crippen molar-refractivity contribution in [3.05, 3.63) is 29.8 Å². The van der Waals surface area contributed by atoms with Crippen LogP contribution in [0.5, 0.6) is 5.75 Å². The van der Waals surface area contributed by atoms with Crippen LogP contribution >= 0.6 is 0 Å². The average molecular weight is 289 g/mol. The van der Waals surface area contributed by atoms with E-state index in [0.717, 1.165) is 24.2 Å². The molecular formula is C14H18F3NO2. The van der Waals surface area contributed by atoms with Crippen molar-refractivity contribution in [1.82, 2.24) is 0 Å². The van der Waals surface area contributed by atoms with Crippen LogP contribution in [0.3, 0.4) is 0 Å². The van der Waals surface area contributed by atoms with Crippen molar-refractivity contribution in [2.24, 2.45) is 5.73 Å². The second-order valence-electron chi connectivity index (χ2n) is 4.95. The zero-order valence-electron chi connectivity index (χ0n) is 11.0. The molecule has 0 spiro atoms. The van der Waals surface area contributed by atoms with Gasteiger partial charge in [0, 0.05) is 12.6 Å². The fraction of sp³-hybridized carbons (Fsp3) is 0.571. The van der Waals surface area contributed by atoms with Crippen LogP contribution in [0.25, 0.3) is 0 Å². The normalized spacial score (nSPS) is 17.0. The van der Waals surface area contributed by atoms with Gasteiger partial charge < -0.3 is 15.2 Å². The third-order valence-corrected chi connectivity index (χ3v) is 2.97. The van der Waals surface area contributed by atoms with Gasteiger partial charge in [0.15, 0.2) is 0 Å². The van der Waals surface area contributed by atoms with Crippen molar-refractivity contribution in [3.8, 4) is 5.75 Å². The number of rotatable bonds is 7. The van der Waals surface area contributed by atoms with Gasteiger partial charge in [0.1, 0.15) is 12.4 Å². The Morgan fingerprint density at radius 1 is 1.20 bits per heavy atom. The third-order valence-electron chi connectivity index (χ3n) is 2.97. The minimum absolute atomic E-state index is 0.0129. The van der Waals surface area contributed by atoms with Crippen molar-refractivity contribution >= 4 is 0 Å². The van der Waals surface area contributed by atoms with Crippen LogP contribution in [-0.4, -0.2) is 25.5 Å². The highest BCUT2D eigenvalue weighted by molar-refractivity contribution is 5.29. The van der Waals surface area contributed by atoms with Gasteiger partial charge in [0.05, 0.1) is 6.10 Å². The molecule has 0 bridgehead atoms. The van der Waals surface area contributed by atoms with Crippen LogP contribution in [0, 0.1) is 0 Å². The van der Waals surface area contributed by atoms with Crippen molar-refractivity contribution in [3.63, 3.8) is 0 Å². The smallest absolute Gasteiger partial charge is 0.411 e. The number of halogens is 3. The zero-order chi connectivity index (χ0) is 14.6. The number of ether oxygens (including phenoxy) is 2. The van der Waals surface area contributed by atoms with Crippen LogP contribution < -0.4 is 10.5 Å². The number of alkyl halides is 3. The Morgan fingerprint density at radius 2 is 1.85 bits per heavy atom. The molecule has 1 atom stereocenters. The van der Waals surface area contributed by atoms with E-state index in [0.29, 0.717) is 12.5 Å². The fourth-order valence-electron chi connectivity index (χ4n) is 1.74. The van der Waals surface area contributed by atoms with Gasteiger partial charge in [0.25, 0.3) is 0 Å². The van der Waals surface area contributed by atoms with Gasteiger partial charge in [-0.2, -0.15) is 13.2 Å². The van der Waals surface area contributed by atoms with Gasteiger partial charge in [-0.15, -0.1) is 0 Å². The number of nitrogens with two attached hydrogens (primary N) is 1. The molecule has 1 aliphatic rings. The van der Waals surface area contributed by atoms with Crippen LogP contribution in [0.2, 0.25) is 0 Å². The molecule has 0 aliphatic heterocycles. The van der Waals surface area contributed by atoms with Gasteiger partial charge in [-0.1, -0.05) is 12.1 Å². The first kappa shape index (κ1) is 15.1. The number of hydrogen-bond donors (Lipinski definition) is 1. The van der Waals surface area contributed by atoms with Crippen molar-refractivity contribution in [1.29, 1.82) is 0 Å². The molecule has 1 aromatic carbocycles. The standard InChI is InChI=1S/C14H18F3NO2/c15-14(16,17)9-19-8-7-13(18)10-1-3-11(4-2-10)20-12-5-6-12/h1-4,12-13H,5-9,18H2. The van der Waals surface area contributed by atoms with Crippen molar-refractivity contribution < 1.29 is 22.6 Å². The van der Waals surface area contributed by atoms with E-state index in [4.69, 9.17) is 10.5 Å². The molecule has 1 fully saturated rings. The first-order chi connectivity index (χ1) is 9.44. The topological polar surface area (TPSA) is 44.5 Å². The Morgan fingerprint density at radius 3 is 2.40 bits per heavy atom. The Labute approximate surface area is 115 Å². The van der Waals surface area contributed by atoms with Crippen LogP contribution in [0.1, 0.15) is 30.9 Å². The minimum atomic E-state index is -4.29. The summed E-state index contributed by atoms with van der Waals surface area (Å²) in [4.78, 5) is 0. The second-order valence-corrected chi connectivity index (χ2v) is 4.95. The van der Waals surface area contributed by atoms with E-state index in [-0.39, 0.29) is 12.6 Å². The largest absolute Gasteiger partial charge is 0.490 e. The van der Waals surface area contributed by atoms with Crippen LogP contribution in [0.4, 0.5) is 13.2 Å². The fourth-order valence-corrected chi connectivity index (χ4v) is 1.74. The molecule has 2 N–H and O–H groups in total.